The largest absolute Gasteiger partial charge is 0.493 e. The molecule has 2 rings (SSSR count). The second-order valence-corrected chi connectivity index (χ2v) is 5.57. The standard InChI is InChI=1S/C18H24N2O2.ClH/c1-14(12-19)13-20-18(21)10-5-11-22-17-9-4-7-15-6-2-3-8-16(15)17;/h2-4,6-9,14H,5,10-13,19H2,1H3,(H,20,21);1H. The maximum Gasteiger partial charge on any atom is 0.220 e. The van der Waals surface area contributed by atoms with Gasteiger partial charge in [-0.15, -0.1) is 12.4 Å². The van der Waals surface area contributed by atoms with E-state index in [1.54, 1.807) is 0 Å². The van der Waals surface area contributed by atoms with Gasteiger partial charge < -0.3 is 15.8 Å². The van der Waals surface area contributed by atoms with Gasteiger partial charge in [-0.25, -0.2) is 0 Å². The number of hydrogen-bond donors (Lipinski definition) is 2. The van der Waals surface area contributed by atoms with Crippen LogP contribution in [0.5, 0.6) is 5.75 Å². The first kappa shape index (κ1) is 19.3. The molecule has 23 heavy (non-hydrogen) atoms. The van der Waals surface area contributed by atoms with Gasteiger partial charge in [-0.3, -0.25) is 4.79 Å². The van der Waals surface area contributed by atoms with Crippen molar-refractivity contribution in [2.45, 2.75) is 19.8 Å². The molecule has 1 unspecified atom stereocenters. The van der Waals surface area contributed by atoms with Crippen LogP contribution in [-0.4, -0.2) is 25.6 Å². The highest BCUT2D eigenvalue weighted by Crippen LogP contribution is 2.25. The second-order valence-electron chi connectivity index (χ2n) is 5.57. The molecule has 0 spiro atoms. The number of hydrogen-bond acceptors (Lipinski definition) is 3. The molecular formula is C18H25ClN2O2. The summed E-state index contributed by atoms with van der Waals surface area (Å²) in [4.78, 5) is 11.7. The van der Waals surface area contributed by atoms with Crippen molar-refractivity contribution in [2.75, 3.05) is 19.7 Å². The van der Waals surface area contributed by atoms with Crippen molar-refractivity contribution in [3.8, 4) is 5.75 Å². The Morgan fingerprint density at radius 1 is 1.22 bits per heavy atom. The predicted octanol–water partition coefficient (Wildman–Crippen LogP) is 3.13. The molecule has 0 aliphatic carbocycles. The Kier molecular flexibility index (Phi) is 8.45. The fourth-order valence-electron chi connectivity index (χ4n) is 2.20. The smallest absolute Gasteiger partial charge is 0.220 e. The molecule has 5 heteroatoms. The van der Waals surface area contributed by atoms with Crippen molar-refractivity contribution < 1.29 is 9.53 Å². The second kappa shape index (κ2) is 10.1. The van der Waals surface area contributed by atoms with Crippen molar-refractivity contribution in [2.24, 2.45) is 11.7 Å². The van der Waals surface area contributed by atoms with Crippen molar-refractivity contribution >= 4 is 29.1 Å². The van der Waals surface area contributed by atoms with Gasteiger partial charge in [0.05, 0.1) is 6.61 Å². The van der Waals surface area contributed by atoms with Crippen LogP contribution in [-0.2, 0) is 4.79 Å². The molecule has 126 valence electrons. The molecule has 0 aliphatic rings. The Balaban J connectivity index is 0.00000264. The van der Waals surface area contributed by atoms with Crippen LogP contribution >= 0.6 is 12.4 Å². The number of fused-ring (bicyclic) bond motifs is 1. The molecular weight excluding hydrogens is 312 g/mol. The maximum absolute atomic E-state index is 11.7. The highest BCUT2D eigenvalue weighted by molar-refractivity contribution is 5.88. The molecule has 2 aromatic rings. The van der Waals surface area contributed by atoms with E-state index in [1.165, 1.54) is 0 Å². The van der Waals surface area contributed by atoms with Gasteiger partial charge in [0.25, 0.3) is 0 Å². The van der Waals surface area contributed by atoms with Gasteiger partial charge in [-0.1, -0.05) is 43.3 Å². The Labute approximate surface area is 143 Å². The first-order valence-electron chi connectivity index (χ1n) is 7.78. The van der Waals surface area contributed by atoms with E-state index in [1.807, 2.05) is 37.3 Å². The molecule has 0 aromatic heterocycles. The van der Waals surface area contributed by atoms with Crippen LogP contribution in [0.2, 0.25) is 0 Å². The van der Waals surface area contributed by atoms with Crippen molar-refractivity contribution in [1.29, 1.82) is 0 Å². The van der Waals surface area contributed by atoms with Crippen molar-refractivity contribution in [1.82, 2.24) is 5.32 Å². The van der Waals surface area contributed by atoms with Gasteiger partial charge in [0.2, 0.25) is 5.91 Å². The number of carbonyl (C=O) groups excluding carboxylic acids is 1. The summed E-state index contributed by atoms with van der Waals surface area (Å²) < 4.78 is 5.82. The summed E-state index contributed by atoms with van der Waals surface area (Å²) in [6, 6.07) is 14.1. The number of nitrogens with one attached hydrogen (secondary N) is 1. The molecule has 4 nitrogen and oxygen atoms in total. The van der Waals surface area contributed by atoms with Crippen LogP contribution in [0.25, 0.3) is 10.8 Å². The van der Waals surface area contributed by atoms with Crippen molar-refractivity contribution in [3.05, 3.63) is 42.5 Å². The molecule has 0 bridgehead atoms. The Hall–Kier alpha value is -1.78. The van der Waals surface area contributed by atoms with E-state index in [-0.39, 0.29) is 18.3 Å². The summed E-state index contributed by atoms with van der Waals surface area (Å²) in [7, 11) is 0. The number of ether oxygens (including phenoxy) is 1. The zero-order valence-electron chi connectivity index (χ0n) is 13.5. The average Bonchev–Trinajstić information content (AvgIpc) is 2.56. The highest BCUT2D eigenvalue weighted by Gasteiger charge is 2.05. The summed E-state index contributed by atoms with van der Waals surface area (Å²) in [5.41, 5.74) is 5.52. The predicted molar refractivity (Wildman–Crippen MR) is 97.2 cm³/mol. The lowest BCUT2D eigenvalue weighted by molar-refractivity contribution is -0.121. The first-order valence-corrected chi connectivity index (χ1v) is 7.78. The Bertz CT molecular complexity index is 613. The summed E-state index contributed by atoms with van der Waals surface area (Å²) in [5, 5.41) is 5.15. The lowest BCUT2D eigenvalue weighted by atomic mass is 10.1. The molecule has 0 radical (unpaired) electrons. The van der Waals surface area contributed by atoms with E-state index in [2.05, 4.69) is 17.4 Å². The SMILES string of the molecule is CC(CN)CNC(=O)CCCOc1cccc2ccccc12.Cl. The number of carbonyl (C=O) groups is 1. The van der Waals surface area contributed by atoms with E-state index in [0.717, 1.165) is 16.5 Å². The normalized spacial score (nSPS) is 11.6. The zero-order chi connectivity index (χ0) is 15.8. The van der Waals surface area contributed by atoms with Crippen molar-refractivity contribution in [3.63, 3.8) is 0 Å². The van der Waals surface area contributed by atoms with Gasteiger partial charge in [0, 0.05) is 18.4 Å². The monoisotopic (exact) mass is 336 g/mol. The molecule has 1 amide bonds. The van der Waals surface area contributed by atoms with Gasteiger partial charge in [-0.2, -0.15) is 0 Å². The number of nitrogens with two attached hydrogens (primary N) is 1. The van der Waals surface area contributed by atoms with E-state index >= 15 is 0 Å². The lowest BCUT2D eigenvalue weighted by Crippen LogP contribution is -2.31. The topological polar surface area (TPSA) is 64.3 Å². The summed E-state index contributed by atoms with van der Waals surface area (Å²) in [5.74, 6) is 1.24. The van der Waals surface area contributed by atoms with Gasteiger partial charge in [-0.05, 0) is 30.3 Å². The summed E-state index contributed by atoms with van der Waals surface area (Å²) in [6.07, 6.45) is 1.17. The third-order valence-corrected chi connectivity index (χ3v) is 3.61. The fraction of sp³-hybridized carbons (Fsp3) is 0.389. The highest BCUT2D eigenvalue weighted by atomic mass is 35.5. The minimum Gasteiger partial charge on any atom is -0.493 e. The van der Waals surface area contributed by atoms with Crippen LogP contribution in [0.4, 0.5) is 0 Å². The fourth-order valence-corrected chi connectivity index (χ4v) is 2.20. The molecule has 1 atom stereocenters. The third-order valence-electron chi connectivity index (χ3n) is 3.61. The minimum absolute atomic E-state index is 0. The quantitative estimate of drug-likeness (QED) is 0.728. The molecule has 2 aromatic carbocycles. The van der Waals surface area contributed by atoms with Gasteiger partial charge >= 0.3 is 0 Å². The summed E-state index contributed by atoms with van der Waals surface area (Å²) >= 11 is 0. The number of amides is 1. The lowest BCUT2D eigenvalue weighted by Gasteiger charge is -2.11. The number of rotatable bonds is 8. The van der Waals surface area contributed by atoms with E-state index in [9.17, 15) is 4.79 Å². The third kappa shape index (κ3) is 6.08. The van der Waals surface area contributed by atoms with Crippen LogP contribution in [0.1, 0.15) is 19.8 Å². The van der Waals surface area contributed by atoms with E-state index < -0.39 is 0 Å². The van der Waals surface area contributed by atoms with Crippen LogP contribution in [0.3, 0.4) is 0 Å². The average molecular weight is 337 g/mol. The molecule has 0 heterocycles. The first-order chi connectivity index (χ1) is 10.7. The van der Waals surface area contributed by atoms with Gasteiger partial charge in [0.15, 0.2) is 0 Å². The molecule has 3 N–H and O–H groups in total. The Morgan fingerprint density at radius 2 is 1.96 bits per heavy atom. The van der Waals surface area contributed by atoms with Crippen LogP contribution in [0.15, 0.2) is 42.5 Å². The Morgan fingerprint density at radius 3 is 2.74 bits per heavy atom. The van der Waals surface area contributed by atoms with E-state index in [4.69, 9.17) is 10.5 Å². The maximum atomic E-state index is 11.7. The zero-order valence-corrected chi connectivity index (χ0v) is 14.3. The summed E-state index contributed by atoms with van der Waals surface area (Å²) in [6.45, 7) is 3.78. The van der Waals surface area contributed by atoms with Gasteiger partial charge in [0.1, 0.15) is 5.75 Å². The number of halogens is 1. The number of benzene rings is 2. The molecule has 0 saturated heterocycles. The molecule has 0 saturated carbocycles. The minimum atomic E-state index is 0. The molecule has 0 fully saturated rings. The van der Waals surface area contributed by atoms with Crippen LogP contribution < -0.4 is 15.8 Å². The molecule has 0 aliphatic heterocycles. The van der Waals surface area contributed by atoms with Crippen LogP contribution in [0, 0.1) is 5.92 Å². The van der Waals surface area contributed by atoms with E-state index in [0.29, 0.717) is 38.5 Å².